The van der Waals surface area contributed by atoms with Gasteiger partial charge in [-0.3, -0.25) is 4.79 Å². The molecule has 2 N–H and O–H groups in total. The Morgan fingerprint density at radius 1 is 1.45 bits per heavy atom. The van der Waals surface area contributed by atoms with Gasteiger partial charge in [-0.05, 0) is 50.3 Å². The predicted octanol–water partition coefficient (Wildman–Crippen LogP) is 4.32. The van der Waals surface area contributed by atoms with Gasteiger partial charge in [0.2, 0.25) is 0 Å². The Hall–Kier alpha value is -0.420. The van der Waals surface area contributed by atoms with Gasteiger partial charge in [0.05, 0.1) is 5.02 Å². The molecule has 0 aliphatic rings. The summed E-state index contributed by atoms with van der Waals surface area (Å²) in [4.78, 5) is 12.3. The summed E-state index contributed by atoms with van der Waals surface area (Å²) in [6, 6.07) is 5.35. The van der Waals surface area contributed by atoms with Gasteiger partial charge < -0.3 is 10.4 Å². The van der Waals surface area contributed by atoms with Crippen molar-refractivity contribution in [3.8, 4) is 0 Å². The van der Waals surface area contributed by atoms with Crippen LogP contribution >= 0.6 is 35.0 Å². The highest BCUT2D eigenvalue weighted by Gasteiger charge is 2.33. The van der Waals surface area contributed by atoms with Crippen LogP contribution in [0.15, 0.2) is 23.1 Å². The van der Waals surface area contributed by atoms with Crippen molar-refractivity contribution in [1.82, 2.24) is 5.32 Å². The van der Waals surface area contributed by atoms with Crippen molar-refractivity contribution in [2.24, 2.45) is 0 Å². The number of rotatable bonds is 8. The molecule has 0 heterocycles. The zero-order chi connectivity index (χ0) is 15.2. The van der Waals surface area contributed by atoms with E-state index < -0.39 is 11.5 Å². The maximum atomic E-state index is 11.3. The summed E-state index contributed by atoms with van der Waals surface area (Å²) in [5.74, 6) is 0.00447. The van der Waals surface area contributed by atoms with Gasteiger partial charge in [-0.1, -0.05) is 30.1 Å². The lowest BCUT2D eigenvalue weighted by molar-refractivity contribution is -0.145. The first kappa shape index (κ1) is 17.6. The molecule has 0 aliphatic carbocycles. The van der Waals surface area contributed by atoms with E-state index >= 15 is 0 Å². The molecule has 0 aromatic heterocycles. The number of halogens is 2. The molecule has 3 nitrogen and oxygen atoms in total. The molecule has 20 heavy (non-hydrogen) atoms. The number of hydrogen-bond acceptors (Lipinski definition) is 3. The Labute approximate surface area is 134 Å². The van der Waals surface area contributed by atoms with Crippen molar-refractivity contribution in [3.63, 3.8) is 0 Å². The quantitative estimate of drug-likeness (QED) is 0.548. The maximum absolute atomic E-state index is 11.3. The number of carboxylic acids is 1. The Bertz CT molecular complexity index is 464. The lowest BCUT2D eigenvalue weighted by Crippen LogP contribution is -2.49. The Kier molecular flexibility index (Phi) is 7.17. The number of aliphatic carboxylic acids is 1. The Morgan fingerprint density at radius 2 is 2.15 bits per heavy atom. The second-order valence-electron chi connectivity index (χ2n) is 4.52. The predicted molar refractivity (Wildman–Crippen MR) is 86.1 cm³/mol. The third kappa shape index (κ3) is 4.55. The lowest BCUT2D eigenvalue weighted by atomic mass is 9.91. The summed E-state index contributed by atoms with van der Waals surface area (Å²) in [5.41, 5.74) is -0.835. The third-order valence-corrected chi connectivity index (χ3v) is 5.21. The van der Waals surface area contributed by atoms with Gasteiger partial charge in [0.25, 0.3) is 0 Å². The number of carbonyl (C=O) groups is 1. The molecule has 0 saturated heterocycles. The van der Waals surface area contributed by atoms with Gasteiger partial charge in [-0.15, -0.1) is 11.8 Å². The second kappa shape index (κ2) is 8.13. The van der Waals surface area contributed by atoms with Gasteiger partial charge in [0.15, 0.2) is 0 Å². The van der Waals surface area contributed by atoms with Crippen LogP contribution in [0.25, 0.3) is 0 Å². The highest BCUT2D eigenvalue weighted by atomic mass is 35.5. The van der Waals surface area contributed by atoms with E-state index in [9.17, 15) is 9.90 Å². The SMILES string of the molecule is CCC(CCCSc1cc(Cl)ccc1Cl)(NC)C(=O)O. The fraction of sp³-hybridized carbons (Fsp3) is 0.500. The highest BCUT2D eigenvalue weighted by molar-refractivity contribution is 7.99. The highest BCUT2D eigenvalue weighted by Crippen LogP contribution is 2.31. The third-order valence-electron chi connectivity index (χ3n) is 3.39. The number of carboxylic acid groups (broad SMARTS) is 1. The van der Waals surface area contributed by atoms with Gasteiger partial charge in [0.1, 0.15) is 5.54 Å². The first-order valence-corrected chi connectivity index (χ1v) is 8.19. The Morgan fingerprint density at radius 3 is 2.70 bits per heavy atom. The average molecular weight is 336 g/mol. The van der Waals surface area contributed by atoms with Gasteiger partial charge in [-0.2, -0.15) is 0 Å². The zero-order valence-corrected chi connectivity index (χ0v) is 13.9. The molecule has 1 rings (SSSR count). The molecule has 0 amide bonds. The summed E-state index contributed by atoms with van der Waals surface area (Å²) in [5, 5.41) is 13.6. The summed E-state index contributed by atoms with van der Waals surface area (Å²) >= 11 is 13.6. The van der Waals surface area contributed by atoms with Crippen LogP contribution in [0.5, 0.6) is 0 Å². The van der Waals surface area contributed by atoms with E-state index in [1.54, 1.807) is 30.9 Å². The van der Waals surface area contributed by atoms with Crippen molar-refractivity contribution < 1.29 is 9.90 Å². The van der Waals surface area contributed by atoms with Crippen LogP contribution in [-0.4, -0.2) is 29.4 Å². The van der Waals surface area contributed by atoms with E-state index in [0.29, 0.717) is 22.9 Å². The van der Waals surface area contributed by atoms with E-state index in [0.717, 1.165) is 17.1 Å². The van der Waals surface area contributed by atoms with Gasteiger partial charge in [-0.25, -0.2) is 0 Å². The van der Waals surface area contributed by atoms with Crippen LogP contribution in [0.2, 0.25) is 10.0 Å². The number of thioether (sulfide) groups is 1. The largest absolute Gasteiger partial charge is 0.480 e. The van der Waals surface area contributed by atoms with E-state index in [2.05, 4.69) is 5.32 Å². The van der Waals surface area contributed by atoms with E-state index in [4.69, 9.17) is 23.2 Å². The molecule has 1 aromatic carbocycles. The molecule has 112 valence electrons. The molecule has 0 spiro atoms. The van der Waals surface area contributed by atoms with E-state index in [1.165, 1.54) is 0 Å². The minimum Gasteiger partial charge on any atom is -0.480 e. The van der Waals surface area contributed by atoms with Crippen molar-refractivity contribution in [3.05, 3.63) is 28.2 Å². The number of nitrogens with one attached hydrogen (secondary N) is 1. The summed E-state index contributed by atoms with van der Waals surface area (Å²) in [6.45, 7) is 1.88. The van der Waals surface area contributed by atoms with Crippen LogP contribution < -0.4 is 5.32 Å². The van der Waals surface area contributed by atoms with Crippen LogP contribution in [0.3, 0.4) is 0 Å². The van der Waals surface area contributed by atoms with Crippen molar-refractivity contribution in [2.75, 3.05) is 12.8 Å². The number of benzene rings is 1. The standard InChI is InChI=1S/C14H19Cl2NO2S/c1-3-14(17-2,13(18)19)7-4-8-20-12-9-10(15)5-6-11(12)16/h5-6,9,17H,3-4,7-8H2,1-2H3,(H,18,19). The lowest BCUT2D eigenvalue weighted by Gasteiger charge is -2.27. The van der Waals surface area contributed by atoms with Crippen LogP contribution in [-0.2, 0) is 4.79 Å². The summed E-state index contributed by atoms with van der Waals surface area (Å²) < 4.78 is 0. The second-order valence-corrected chi connectivity index (χ2v) is 6.50. The van der Waals surface area contributed by atoms with Crippen LogP contribution in [0.4, 0.5) is 0 Å². The van der Waals surface area contributed by atoms with Gasteiger partial charge in [0, 0.05) is 9.92 Å². The molecular formula is C14H19Cl2NO2S. The molecule has 1 atom stereocenters. The molecular weight excluding hydrogens is 317 g/mol. The molecule has 0 saturated carbocycles. The summed E-state index contributed by atoms with van der Waals surface area (Å²) in [7, 11) is 1.69. The van der Waals surface area contributed by atoms with E-state index in [1.807, 2.05) is 13.0 Å². The molecule has 0 aliphatic heterocycles. The van der Waals surface area contributed by atoms with Crippen molar-refractivity contribution in [1.29, 1.82) is 0 Å². The zero-order valence-electron chi connectivity index (χ0n) is 11.6. The number of likely N-dealkylation sites (N-methyl/N-ethyl adjacent to an activating group) is 1. The first-order valence-electron chi connectivity index (χ1n) is 6.45. The minimum atomic E-state index is -0.835. The first-order chi connectivity index (χ1) is 9.45. The molecule has 0 fully saturated rings. The fourth-order valence-electron chi connectivity index (χ4n) is 1.99. The average Bonchev–Trinajstić information content (AvgIpc) is 2.43. The molecule has 6 heteroatoms. The smallest absolute Gasteiger partial charge is 0.323 e. The van der Waals surface area contributed by atoms with Crippen molar-refractivity contribution >= 4 is 40.9 Å². The summed E-state index contributed by atoms with van der Waals surface area (Å²) in [6.07, 6.45) is 1.93. The van der Waals surface area contributed by atoms with Crippen LogP contribution in [0.1, 0.15) is 26.2 Å². The molecule has 1 aromatic rings. The van der Waals surface area contributed by atoms with Gasteiger partial charge >= 0.3 is 5.97 Å². The normalized spacial score (nSPS) is 14.0. The monoisotopic (exact) mass is 335 g/mol. The minimum absolute atomic E-state index is 0.557. The van der Waals surface area contributed by atoms with Crippen LogP contribution in [0, 0.1) is 0 Å². The topological polar surface area (TPSA) is 49.3 Å². The molecule has 1 unspecified atom stereocenters. The maximum Gasteiger partial charge on any atom is 0.323 e. The fourth-order valence-corrected chi connectivity index (χ4v) is 3.43. The Balaban J connectivity index is 2.52. The number of hydrogen-bond donors (Lipinski definition) is 2. The molecule has 0 radical (unpaired) electrons. The molecule has 0 bridgehead atoms. The van der Waals surface area contributed by atoms with Crippen molar-refractivity contribution in [2.45, 2.75) is 36.6 Å². The van der Waals surface area contributed by atoms with E-state index in [-0.39, 0.29) is 0 Å².